The van der Waals surface area contributed by atoms with Gasteiger partial charge in [0.05, 0.1) is 0 Å². The molecule has 1 nitrogen and oxygen atoms in total. The third kappa shape index (κ3) is 1.98. The fourth-order valence-corrected chi connectivity index (χ4v) is 1.77. The quantitative estimate of drug-likeness (QED) is 0.637. The van der Waals surface area contributed by atoms with Crippen LogP contribution in [0.4, 0.5) is 0 Å². The number of hydrogen-bond acceptors (Lipinski definition) is 1. The van der Waals surface area contributed by atoms with E-state index in [4.69, 9.17) is 5.11 Å². The molecule has 0 unspecified atom stereocenters. The molecule has 1 rings (SSSR count). The second kappa shape index (κ2) is 3.38. The first-order valence-corrected chi connectivity index (χ1v) is 4.36. The molecule has 1 N–H and O–H groups in total. The molecule has 0 bridgehead atoms. The molecule has 60 valence electrons. The van der Waals surface area contributed by atoms with Crippen LogP contribution >= 0.6 is 0 Å². The molecule has 2 atom stereocenters. The van der Waals surface area contributed by atoms with Crippen LogP contribution in [0.15, 0.2) is 0 Å². The van der Waals surface area contributed by atoms with Gasteiger partial charge < -0.3 is 5.11 Å². The van der Waals surface area contributed by atoms with Gasteiger partial charge in [0, 0.05) is 6.61 Å². The topological polar surface area (TPSA) is 20.2 Å². The minimum Gasteiger partial charge on any atom is -0.396 e. The molecule has 0 aromatic rings. The Bertz CT molecular complexity index is 98.9. The van der Waals surface area contributed by atoms with Crippen LogP contribution in [0.2, 0.25) is 0 Å². The number of aliphatic hydroxyl groups excluding tert-OH is 1. The average molecular weight is 142 g/mol. The van der Waals surface area contributed by atoms with Crippen LogP contribution in [0, 0.1) is 17.8 Å². The maximum atomic E-state index is 8.57. The Morgan fingerprint density at radius 1 is 1.50 bits per heavy atom. The smallest absolute Gasteiger partial charge is 0.0431 e. The molecule has 0 aromatic carbocycles. The fraction of sp³-hybridized carbons (Fsp3) is 1.00. The molecule has 1 heteroatoms. The van der Waals surface area contributed by atoms with E-state index < -0.39 is 0 Å². The normalized spacial score (nSPS) is 31.2. The van der Waals surface area contributed by atoms with E-state index in [0.29, 0.717) is 6.61 Å². The van der Waals surface area contributed by atoms with Gasteiger partial charge in [-0.3, -0.25) is 0 Å². The van der Waals surface area contributed by atoms with E-state index in [1.807, 2.05) is 0 Å². The first kappa shape index (κ1) is 8.06. The molecular formula is C9H18O. The zero-order valence-corrected chi connectivity index (χ0v) is 7.01. The highest BCUT2D eigenvalue weighted by molar-refractivity contribution is 4.87. The summed E-state index contributed by atoms with van der Waals surface area (Å²) in [5.74, 6) is 2.79. The van der Waals surface area contributed by atoms with Crippen molar-refractivity contribution in [1.29, 1.82) is 0 Å². The van der Waals surface area contributed by atoms with Gasteiger partial charge in [0.2, 0.25) is 0 Å². The van der Waals surface area contributed by atoms with Crippen molar-refractivity contribution in [3.8, 4) is 0 Å². The largest absolute Gasteiger partial charge is 0.396 e. The fourth-order valence-electron chi connectivity index (χ4n) is 1.77. The summed E-state index contributed by atoms with van der Waals surface area (Å²) in [5.41, 5.74) is 0. The maximum absolute atomic E-state index is 8.57. The van der Waals surface area contributed by atoms with Crippen molar-refractivity contribution in [2.45, 2.75) is 33.1 Å². The molecule has 0 saturated heterocycles. The highest BCUT2D eigenvalue weighted by Crippen LogP contribution is 2.46. The summed E-state index contributed by atoms with van der Waals surface area (Å²) < 4.78 is 0. The highest BCUT2D eigenvalue weighted by Gasteiger charge is 2.37. The average Bonchev–Trinajstić information content (AvgIpc) is 2.62. The molecule has 1 aliphatic rings. The van der Waals surface area contributed by atoms with Crippen molar-refractivity contribution in [3.05, 3.63) is 0 Å². The Labute approximate surface area is 63.4 Å². The Morgan fingerprint density at radius 3 is 2.60 bits per heavy atom. The van der Waals surface area contributed by atoms with Crippen molar-refractivity contribution < 1.29 is 5.11 Å². The van der Waals surface area contributed by atoms with Gasteiger partial charge in [-0.25, -0.2) is 0 Å². The van der Waals surface area contributed by atoms with Gasteiger partial charge in [-0.15, -0.1) is 0 Å². The molecule has 1 fully saturated rings. The van der Waals surface area contributed by atoms with Crippen molar-refractivity contribution in [1.82, 2.24) is 0 Å². The third-order valence-corrected chi connectivity index (χ3v) is 2.57. The predicted octanol–water partition coefficient (Wildman–Crippen LogP) is 2.05. The van der Waals surface area contributed by atoms with E-state index in [1.165, 1.54) is 12.8 Å². The van der Waals surface area contributed by atoms with E-state index in [0.717, 1.165) is 24.2 Å². The summed E-state index contributed by atoms with van der Waals surface area (Å²) in [4.78, 5) is 0. The summed E-state index contributed by atoms with van der Waals surface area (Å²) in [6.07, 6.45) is 3.67. The van der Waals surface area contributed by atoms with Crippen molar-refractivity contribution in [2.24, 2.45) is 17.8 Å². The van der Waals surface area contributed by atoms with Crippen molar-refractivity contribution >= 4 is 0 Å². The Hall–Kier alpha value is -0.0400. The maximum Gasteiger partial charge on any atom is 0.0431 e. The lowest BCUT2D eigenvalue weighted by Gasteiger charge is -2.01. The minimum absolute atomic E-state index is 0.376. The monoisotopic (exact) mass is 142 g/mol. The van der Waals surface area contributed by atoms with Gasteiger partial charge in [-0.2, -0.15) is 0 Å². The van der Waals surface area contributed by atoms with Crippen LogP contribution in [-0.4, -0.2) is 11.7 Å². The van der Waals surface area contributed by atoms with Crippen LogP contribution in [0.3, 0.4) is 0 Å². The lowest BCUT2D eigenvalue weighted by atomic mass is 10.1. The van der Waals surface area contributed by atoms with Gasteiger partial charge in [-0.1, -0.05) is 13.8 Å². The summed E-state index contributed by atoms with van der Waals surface area (Å²) in [7, 11) is 0. The van der Waals surface area contributed by atoms with E-state index in [-0.39, 0.29) is 0 Å². The summed E-state index contributed by atoms with van der Waals surface area (Å²) in [6, 6.07) is 0. The van der Waals surface area contributed by atoms with E-state index in [9.17, 15) is 0 Å². The predicted molar refractivity (Wildman–Crippen MR) is 42.8 cm³/mol. The molecule has 0 aromatic heterocycles. The first-order chi connectivity index (χ1) is 4.75. The molecule has 0 amide bonds. The Kier molecular flexibility index (Phi) is 2.72. The SMILES string of the molecule is CC(C)[C@@H]1C[C@@H]1CCCO. The Balaban J connectivity index is 2.02. The summed E-state index contributed by atoms with van der Waals surface area (Å²) in [6.45, 7) is 4.97. The van der Waals surface area contributed by atoms with Crippen molar-refractivity contribution in [2.75, 3.05) is 6.61 Å². The number of aliphatic hydroxyl groups is 1. The second-order valence-corrected chi connectivity index (χ2v) is 3.77. The minimum atomic E-state index is 0.376. The summed E-state index contributed by atoms with van der Waals surface area (Å²) >= 11 is 0. The summed E-state index contributed by atoms with van der Waals surface area (Å²) in [5, 5.41) is 8.57. The third-order valence-electron chi connectivity index (χ3n) is 2.57. The zero-order chi connectivity index (χ0) is 7.56. The standard InChI is InChI=1S/C9H18O/c1-7(2)9-6-8(9)4-3-5-10/h7-10H,3-6H2,1-2H3/t8-,9-/m0/s1. The van der Waals surface area contributed by atoms with E-state index in [1.54, 1.807) is 0 Å². The molecular weight excluding hydrogens is 124 g/mol. The van der Waals surface area contributed by atoms with Crippen LogP contribution in [0.1, 0.15) is 33.1 Å². The van der Waals surface area contributed by atoms with E-state index >= 15 is 0 Å². The van der Waals surface area contributed by atoms with Crippen LogP contribution in [0.25, 0.3) is 0 Å². The van der Waals surface area contributed by atoms with E-state index in [2.05, 4.69) is 13.8 Å². The lowest BCUT2D eigenvalue weighted by molar-refractivity contribution is 0.279. The molecule has 0 spiro atoms. The van der Waals surface area contributed by atoms with Gasteiger partial charge in [0.25, 0.3) is 0 Å². The first-order valence-electron chi connectivity index (χ1n) is 4.36. The van der Waals surface area contributed by atoms with Crippen LogP contribution in [-0.2, 0) is 0 Å². The second-order valence-electron chi connectivity index (χ2n) is 3.77. The molecule has 10 heavy (non-hydrogen) atoms. The molecule has 1 aliphatic carbocycles. The van der Waals surface area contributed by atoms with Crippen LogP contribution < -0.4 is 0 Å². The number of rotatable bonds is 4. The molecule has 0 radical (unpaired) electrons. The zero-order valence-electron chi connectivity index (χ0n) is 7.01. The molecule has 0 aliphatic heterocycles. The number of hydrogen-bond donors (Lipinski definition) is 1. The highest BCUT2D eigenvalue weighted by atomic mass is 16.2. The molecule has 1 saturated carbocycles. The van der Waals surface area contributed by atoms with Crippen molar-refractivity contribution in [3.63, 3.8) is 0 Å². The van der Waals surface area contributed by atoms with Gasteiger partial charge in [0.1, 0.15) is 0 Å². The van der Waals surface area contributed by atoms with Gasteiger partial charge >= 0.3 is 0 Å². The van der Waals surface area contributed by atoms with Crippen LogP contribution in [0.5, 0.6) is 0 Å². The van der Waals surface area contributed by atoms with Gasteiger partial charge in [-0.05, 0) is 37.0 Å². The van der Waals surface area contributed by atoms with Gasteiger partial charge in [0.15, 0.2) is 0 Å². The lowest BCUT2D eigenvalue weighted by Crippen LogP contribution is -1.93. The molecule has 0 heterocycles. The Morgan fingerprint density at radius 2 is 2.20 bits per heavy atom.